The number of hydrogen-bond acceptors (Lipinski definition) is 11. The van der Waals surface area contributed by atoms with Crippen molar-refractivity contribution < 1.29 is 59.6 Å². The Kier molecular flexibility index (Phi) is 8.03. The van der Waals surface area contributed by atoms with Crippen LogP contribution < -0.4 is 0 Å². The van der Waals surface area contributed by atoms with E-state index in [1.54, 1.807) is 6.08 Å². The number of carbonyl (C=O) groups is 3. The first-order valence-corrected chi connectivity index (χ1v) is 12.2. The monoisotopic (exact) mass is 556 g/mol. The number of phenolic OH excluding ortho intramolecular Hbond substituents is 4. The zero-order valence-corrected chi connectivity index (χ0v) is 21.1. The predicted molar refractivity (Wildman–Crippen MR) is 135 cm³/mol. The number of carboxylic acid groups (broad SMARTS) is 1. The molecule has 1 fully saturated rings. The van der Waals surface area contributed by atoms with Gasteiger partial charge in [-0.1, -0.05) is 24.3 Å². The van der Waals surface area contributed by atoms with Crippen LogP contribution in [0.5, 0.6) is 23.0 Å². The molecule has 0 aromatic heterocycles. The average Bonchev–Trinajstić information content (AvgIpc) is 2.92. The normalized spacial score (nSPS) is 26.2. The summed E-state index contributed by atoms with van der Waals surface area (Å²) >= 11 is 0. The van der Waals surface area contributed by atoms with E-state index in [1.165, 1.54) is 36.4 Å². The highest BCUT2D eigenvalue weighted by molar-refractivity contribution is 5.86. The largest absolute Gasteiger partial charge is 0.504 e. The number of aliphatic hydroxyl groups excluding tert-OH is 2. The second-order valence-corrected chi connectivity index (χ2v) is 9.70. The Bertz CT molecular complexity index is 1380. The summed E-state index contributed by atoms with van der Waals surface area (Å²) in [6.07, 6.45) is -0.855. The summed E-state index contributed by atoms with van der Waals surface area (Å²) in [7, 11) is 1.16. The van der Waals surface area contributed by atoms with Gasteiger partial charge in [0.15, 0.2) is 23.0 Å². The number of aliphatic carboxylic acids is 1. The lowest BCUT2D eigenvalue weighted by molar-refractivity contribution is -0.161. The third-order valence-corrected chi connectivity index (χ3v) is 7.33. The Hall–Kier alpha value is -4.55. The average molecular weight is 557 g/mol. The van der Waals surface area contributed by atoms with Gasteiger partial charge in [-0.25, -0.2) is 9.59 Å². The van der Waals surface area contributed by atoms with Crippen LogP contribution in [0.2, 0.25) is 0 Å². The molecule has 2 bridgehead atoms. The molecule has 7 N–H and O–H groups in total. The molecule has 0 spiro atoms. The van der Waals surface area contributed by atoms with E-state index in [1.807, 2.05) is 0 Å². The van der Waals surface area contributed by atoms with Crippen LogP contribution in [-0.2, 0) is 30.3 Å². The smallest absolute Gasteiger partial charge is 0.345 e. The number of aromatic hydroxyl groups is 4. The highest BCUT2D eigenvalue weighted by atomic mass is 16.6. The minimum atomic E-state index is -1.63. The molecule has 5 unspecified atom stereocenters. The fourth-order valence-electron chi connectivity index (χ4n) is 5.47. The highest BCUT2D eigenvalue weighted by Gasteiger charge is 2.56. The molecule has 2 aromatic carbocycles. The number of fused-ring (bicyclic) bond motifs is 2. The van der Waals surface area contributed by atoms with Crippen molar-refractivity contribution in [3.63, 3.8) is 0 Å². The molecule has 0 aliphatic heterocycles. The maximum Gasteiger partial charge on any atom is 0.345 e. The number of phenols is 4. The maximum absolute atomic E-state index is 12.9. The van der Waals surface area contributed by atoms with Crippen LogP contribution in [0.15, 0.2) is 60.2 Å². The Morgan fingerprint density at radius 1 is 0.900 bits per heavy atom. The minimum Gasteiger partial charge on any atom is -0.504 e. The number of benzene rings is 2. The van der Waals surface area contributed by atoms with E-state index in [4.69, 9.17) is 9.47 Å². The van der Waals surface area contributed by atoms with Gasteiger partial charge in [0.1, 0.15) is 0 Å². The number of carboxylic acids is 1. The first-order valence-electron chi connectivity index (χ1n) is 12.2. The molecule has 12 heteroatoms. The van der Waals surface area contributed by atoms with Crippen molar-refractivity contribution in [2.45, 2.75) is 30.7 Å². The maximum atomic E-state index is 12.9. The number of rotatable bonds is 8. The van der Waals surface area contributed by atoms with Gasteiger partial charge in [0, 0.05) is 30.3 Å². The lowest BCUT2D eigenvalue weighted by atomic mass is 9.55. The van der Waals surface area contributed by atoms with Crippen LogP contribution in [0.1, 0.15) is 17.0 Å². The molecular formula is C28H28O12. The van der Waals surface area contributed by atoms with Gasteiger partial charge in [0.05, 0.1) is 25.2 Å². The van der Waals surface area contributed by atoms with Crippen molar-refractivity contribution in [1.29, 1.82) is 0 Å². The van der Waals surface area contributed by atoms with Gasteiger partial charge in [0.25, 0.3) is 0 Å². The van der Waals surface area contributed by atoms with E-state index >= 15 is 0 Å². The Morgan fingerprint density at radius 2 is 1.55 bits per heavy atom. The predicted octanol–water partition coefficient (Wildman–Crippen LogP) is 1.08. The summed E-state index contributed by atoms with van der Waals surface area (Å²) in [5, 5.41) is 69.9. The SMILES string of the molecule is COC(=O)C1C(c2ccc(O)c(O)c2)[C@H]2C=C(/C=C/C(=O)OC(Cc3ccc(O)c(O)c3)C(=O)O)[C@@H]1C(O)C2O. The molecule has 40 heavy (non-hydrogen) atoms. The molecule has 0 radical (unpaired) electrons. The first-order chi connectivity index (χ1) is 18.9. The summed E-state index contributed by atoms with van der Waals surface area (Å²) in [5.74, 6) is -8.53. The van der Waals surface area contributed by atoms with Crippen LogP contribution in [-0.4, -0.2) is 79.1 Å². The molecule has 0 heterocycles. The van der Waals surface area contributed by atoms with Crippen LogP contribution in [0.4, 0.5) is 0 Å². The number of ether oxygens (including phenoxy) is 2. The van der Waals surface area contributed by atoms with Crippen molar-refractivity contribution in [3.05, 3.63) is 71.3 Å². The summed E-state index contributed by atoms with van der Waals surface area (Å²) in [4.78, 5) is 37.1. The Labute approximate surface area is 227 Å². The standard InChI is InChI=1S/C28H28O12/c1-39-28(38)24-22(14-3-6-17(30)19(32)11-14)15-10-13(23(24)26(35)25(15)34)4-7-21(33)40-20(27(36)37)9-12-2-5-16(29)18(31)8-12/h2-8,10-11,15,20,22-26,29-32,34-35H,9H2,1H3,(H,36,37)/b7-4+/t15-,20?,22?,23+,24?,25?,26?/m1/s1. The topological polar surface area (TPSA) is 211 Å². The van der Waals surface area contributed by atoms with E-state index in [-0.39, 0.29) is 17.7 Å². The molecule has 0 saturated heterocycles. The molecule has 12 nitrogen and oxygen atoms in total. The molecule has 3 aliphatic carbocycles. The Balaban J connectivity index is 1.59. The lowest BCUT2D eigenvalue weighted by Crippen LogP contribution is -2.57. The second-order valence-electron chi connectivity index (χ2n) is 9.70. The third kappa shape index (κ3) is 5.44. The fourth-order valence-corrected chi connectivity index (χ4v) is 5.47. The number of methoxy groups -OCH3 is 1. The molecule has 2 aromatic rings. The van der Waals surface area contributed by atoms with Crippen molar-refractivity contribution in [2.24, 2.45) is 17.8 Å². The first kappa shape index (κ1) is 28.5. The summed E-state index contributed by atoms with van der Waals surface area (Å²) in [5.41, 5.74) is 1.01. The van der Waals surface area contributed by atoms with Crippen LogP contribution in [0.3, 0.4) is 0 Å². The fraction of sp³-hybridized carbons (Fsp3) is 0.321. The highest BCUT2D eigenvalue weighted by Crippen LogP contribution is 2.54. The van der Waals surface area contributed by atoms with Crippen LogP contribution >= 0.6 is 0 Å². The molecule has 0 amide bonds. The van der Waals surface area contributed by atoms with Crippen molar-refractivity contribution in [3.8, 4) is 23.0 Å². The van der Waals surface area contributed by atoms with Gasteiger partial charge in [-0.15, -0.1) is 0 Å². The number of esters is 2. The molecule has 1 saturated carbocycles. The molecule has 3 aliphatic rings. The van der Waals surface area contributed by atoms with E-state index < -0.39 is 77.1 Å². The summed E-state index contributed by atoms with van der Waals surface area (Å²) in [6, 6.07) is 7.65. The van der Waals surface area contributed by atoms with E-state index in [0.717, 1.165) is 19.3 Å². The summed E-state index contributed by atoms with van der Waals surface area (Å²) < 4.78 is 10.0. The summed E-state index contributed by atoms with van der Waals surface area (Å²) in [6.45, 7) is 0. The molecular weight excluding hydrogens is 528 g/mol. The van der Waals surface area contributed by atoms with Crippen LogP contribution in [0, 0.1) is 17.8 Å². The zero-order valence-electron chi connectivity index (χ0n) is 21.1. The Morgan fingerprint density at radius 3 is 2.15 bits per heavy atom. The second kappa shape index (κ2) is 11.3. The van der Waals surface area contributed by atoms with E-state index in [9.17, 15) is 50.1 Å². The quantitative estimate of drug-likeness (QED) is 0.138. The van der Waals surface area contributed by atoms with E-state index in [2.05, 4.69) is 0 Å². The molecule has 5 rings (SSSR count). The van der Waals surface area contributed by atoms with Gasteiger partial charge in [-0.05, 0) is 41.0 Å². The number of carbonyl (C=O) groups excluding carboxylic acids is 2. The minimum absolute atomic E-state index is 0.288. The van der Waals surface area contributed by atoms with Crippen molar-refractivity contribution in [1.82, 2.24) is 0 Å². The number of hydrogen-bond donors (Lipinski definition) is 7. The van der Waals surface area contributed by atoms with Crippen LogP contribution in [0.25, 0.3) is 0 Å². The van der Waals surface area contributed by atoms with Gasteiger partial charge in [0.2, 0.25) is 6.10 Å². The molecule has 7 atom stereocenters. The lowest BCUT2D eigenvalue weighted by Gasteiger charge is -2.51. The molecule has 212 valence electrons. The van der Waals surface area contributed by atoms with Gasteiger partial charge in [-0.3, -0.25) is 4.79 Å². The van der Waals surface area contributed by atoms with E-state index in [0.29, 0.717) is 11.1 Å². The van der Waals surface area contributed by atoms with Crippen molar-refractivity contribution in [2.75, 3.05) is 7.11 Å². The van der Waals surface area contributed by atoms with Gasteiger partial charge < -0.3 is 45.2 Å². The number of allylic oxidation sites excluding steroid dienone is 1. The number of aliphatic hydroxyl groups is 2. The zero-order chi connectivity index (χ0) is 29.3. The van der Waals surface area contributed by atoms with Gasteiger partial charge in [-0.2, -0.15) is 0 Å². The van der Waals surface area contributed by atoms with Crippen molar-refractivity contribution >= 4 is 17.9 Å². The van der Waals surface area contributed by atoms with Gasteiger partial charge >= 0.3 is 17.9 Å². The third-order valence-electron chi connectivity index (χ3n) is 7.33.